The van der Waals surface area contributed by atoms with Crippen LogP contribution in [0, 0.1) is 0 Å². The molecule has 1 saturated heterocycles. The molecule has 6 nitrogen and oxygen atoms in total. The Balaban J connectivity index is 1.88. The highest BCUT2D eigenvalue weighted by Gasteiger charge is 2.39. The molecule has 3 atom stereocenters. The number of hydrogen-bond donors (Lipinski definition) is 2. The molecule has 0 spiro atoms. The number of nitrogens with one attached hydrogen (secondary N) is 1. The van der Waals surface area contributed by atoms with Gasteiger partial charge in [-0.2, -0.15) is 13.1 Å². The lowest BCUT2D eigenvalue weighted by atomic mass is 10.0. The van der Waals surface area contributed by atoms with Crippen LogP contribution in [0.1, 0.15) is 23.5 Å². The van der Waals surface area contributed by atoms with Crippen LogP contribution in [0.3, 0.4) is 0 Å². The van der Waals surface area contributed by atoms with E-state index in [9.17, 15) is 8.42 Å². The molecule has 0 radical (unpaired) electrons. The summed E-state index contributed by atoms with van der Waals surface area (Å²) >= 11 is 12.2. The molecule has 134 valence electrons. The summed E-state index contributed by atoms with van der Waals surface area (Å²) in [6.07, 6.45) is -2.01. The van der Waals surface area contributed by atoms with E-state index in [4.69, 9.17) is 37.2 Å². The van der Waals surface area contributed by atoms with Gasteiger partial charge in [0, 0.05) is 27.7 Å². The Morgan fingerprint density at radius 3 is 2.44 bits per heavy atom. The van der Waals surface area contributed by atoms with E-state index in [0.717, 1.165) is 5.56 Å². The first-order valence-electron chi connectivity index (χ1n) is 7.36. The molecule has 2 aromatic rings. The van der Waals surface area contributed by atoms with Gasteiger partial charge in [-0.25, -0.2) is 0 Å². The molecule has 1 aliphatic heterocycles. The molecule has 2 N–H and O–H groups in total. The minimum atomic E-state index is -4.36. The Labute approximate surface area is 155 Å². The molecule has 1 aliphatic rings. The third-order valence-electron chi connectivity index (χ3n) is 3.71. The zero-order chi connectivity index (χ0) is 18.0. The minimum absolute atomic E-state index is 0.175. The molecule has 0 saturated carbocycles. The van der Waals surface area contributed by atoms with Crippen LogP contribution >= 0.6 is 23.2 Å². The maximum absolute atomic E-state index is 11.0. The molecule has 3 rings (SSSR count). The largest absolute Gasteiger partial charge is 0.341 e. The smallest absolute Gasteiger partial charge is 0.333 e. The summed E-state index contributed by atoms with van der Waals surface area (Å²) in [7, 11) is -4.36. The summed E-state index contributed by atoms with van der Waals surface area (Å²) in [6.45, 7) is -0.175. The van der Waals surface area contributed by atoms with E-state index in [1.54, 1.807) is 18.2 Å². The molecule has 9 heteroatoms. The first-order valence-corrected chi connectivity index (χ1v) is 9.56. The summed E-state index contributed by atoms with van der Waals surface area (Å²) in [5.41, 5.74) is 1.40. The van der Waals surface area contributed by atoms with E-state index >= 15 is 0 Å². The van der Waals surface area contributed by atoms with Gasteiger partial charge < -0.3 is 9.47 Å². The van der Waals surface area contributed by atoms with Crippen LogP contribution in [0.4, 0.5) is 0 Å². The normalized spacial score (nSPS) is 23.7. The highest BCUT2D eigenvalue weighted by molar-refractivity contribution is 7.83. The van der Waals surface area contributed by atoms with Crippen molar-refractivity contribution in [1.29, 1.82) is 0 Å². The van der Waals surface area contributed by atoms with Crippen LogP contribution in [-0.2, 0) is 19.8 Å². The molecule has 0 amide bonds. The van der Waals surface area contributed by atoms with Gasteiger partial charge >= 0.3 is 10.3 Å². The molecule has 2 aromatic carbocycles. The second-order valence-corrected chi connectivity index (χ2v) is 7.55. The summed E-state index contributed by atoms with van der Waals surface area (Å²) < 4.78 is 44.8. The zero-order valence-corrected chi connectivity index (χ0v) is 15.1. The number of ether oxygens (including phenoxy) is 2. The highest BCUT2D eigenvalue weighted by Crippen LogP contribution is 2.42. The second-order valence-electron chi connectivity index (χ2n) is 5.46. The van der Waals surface area contributed by atoms with Crippen molar-refractivity contribution in [3.63, 3.8) is 0 Å². The Bertz CT molecular complexity index is 847. The van der Waals surface area contributed by atoms with E-state index in [1.165, 1.54) is 0 Å². The topological polar surface area (TPSA) is 84.9 Å². The van der Waals surface area contributed by atoms with Crippen LogP contribution in [0.2, 0.25) is 10.0 Å². The van der Waals surface area contributed by atoms with E-state index < -0.39 is 28.8 Å². The van der Waals surface area contributed by atoms with Crippen molar-refractivity contribution in [1.82, 2.24) is 4.72 Å². The Morgan fingerprint density at radius 1 is 1.08 bits per heavy atom. The number of halogens is 2. The summed E-state index contributed by atoms with van der Waals surface area (Å²) in [6, 6.07) is 14.2. The predicted molar refractivity (Wildman–Crippen MR) is 93.9 cm³/mol. The molecule has 1 unspecified atom stereocenters. The van der Waals surface area contributed by atoms with Crippen molar-refractivity contribution >= 4 is 33.5 Å². The summed E-state index contributed by atoms with van der Waals surface area (Å²) in [5.74, 6) is 0. The zero-order valence-electron chi connectivity index (χ0n) is 12.8. The average Bonchev–Trinajstić information content (AvgIpc) is 2.97. The van der Waals surface area contributed by atoms with Gasteiger partial charge in [-0.05, 0) is 12.1 Å². The van der Waals surface area contributed by atoms with Crippen molar-refractivity contribution in [2.75, 3.05) is 6.54 Å². The molecular weight excluding hydrogens is 389 g/mol. The van der Waals surface area contributed by atoms with Crippen molar-refractivity contribution < 1.29 is 22.4 Å². The van der Waals surface area contributed by atoms with Gasteiger partial charge in [0.05, 0.1) is 0 Å². The van der Waals surface area contributed by atoms with E-state index in [1.807, 2.05) is 35.1 Å². The number of hydrogen-bond acceptors (Lipinski definition) is 4. The molecule has 0 aliphatic carbocycles. The van der Waals surface area contributed by atoms with Crippen LogP contribution in [0.15, 0.2) is 48.5 Å². The third kappa shape index (κ3) is 4.71. The number of rotatable bonds is 5. The van der Waals surface area contributed by atoms with Gasteiger partial charge in [0.25, 0.3) is 0 Å². The Morgan fingerprint density at radius 2 is 1.80 bits per heavy atom. The minimum Gasteiger partial charge on any atom is -0.341 e. The third-order valence-corrected chi connectivity index (χ3v) is 4.81. The fourth-order valence-corrected chi connectivity index (χ4v) is 3.49. The quantitative estimate of drug-likeness (QED) is 0.745. The summed E-state index contributed by atoms with van der Waals surface area (Å²) in [4.78, 5) is 0. The van der Waals surface area contributed by atoms with Crippen molar-refractivity contribution in [2.45, 2.75) is 18.5 Å². The first-order chi connectivity index (χ1) is 11.8. The van der Waals surface area contributed by atoms with E-state index in [-0.39, 0.29) is 6.54 Å². The van der Waals surface area contributed by atoms with Gasteiger partial charge in [-0.15, -0.1) is 0 Å². The molecule has 0 bridgehead atoms. The first kappa shape index (κ1) is 18.6. The maximum atomic E-state index is 11.0. The van der Waals surface area contributed by atoms with E-state index in [0.29, 0.717) is 15.6 Å². The van der Waals surface area contributed by atoms with Gasteiger partial charge in [0.15, 0.2) is 6.29 Å². The van der Waals surface area contributed by atoms with Crippen molar-refractivity contribution in [3.05, 3.63) is 69.7 Å². The second kappa shape index (κ2) is 7.59. The molecule has 25 heavy (non-hydrogen) atoms. The molecule has 1 heterocycles. The van der Waals surface area contributed by atoms with Crippen LogP contribution in [0.25, 0.3) is 0 Å². The lowest BCUT2D eigenvalue weighted by Crippen LogP contribution is -2.34. The Kier molecular flexibility index (Phi) is 5.65. The highest BCUT2D eigenvalue weighted by atomic mass is 35.5. The monoisotopic (exact) mass is 403 g/mol. The van der Waals surface area contributed by atoms with Gasteiger partial charge in [-0.1, -0.05) is 59.6 Å². The summed E-state index contributed by atoms with van der Waals surface area (Å²) in [5, 5.41) is 0.853. The SMILES string of the molecule is O=S(=O)(O)NC[C@@H]1OC(c2ccccc2)O[C@H]1c1ccc(Cl)cc1Cl. The predicted octanol–water partition coefficient (Wildman–Crippen LogP) is 3.54. The van der Waals surface area contributed by atoms with Crippen LogP contribution in [0.5, 0.6) is 0 Å². The maximum Gasteiger partial charge on any atom is 0.333 e. The molecular formula is C16H15Cl2NO5S. The van der Waals surface area contributed by atoms with Gasteiger partial charge in [-0.3, -0.25) is 4.55 Å². The fourth-order valence-electron chi connectivity index (χ4n) is 2.60. The van der Waals surface area contributed by atoms with Crippen molar-refractivity contribution in [2.24, 2.45) is 0 Å². The number of benzene rings is 2. The lowest BCUT2D eigenvalue weighted by Gasteiger charge is -2.18. The van der Waals surface area contributed by atoms with Crippen LogP contribution < -0.4 is 4.72 Å². The van der Waals surface area contributed by atoms with Gasteiger partial charge in [0.2, 0.25) is 0 Å². The van der Waals surface area contributed by atoms with Crippen molar-refractivity contribution in [3.8, 4) is 0 Å². The standard InChI is InChI=1S/C16H15Cl2NO5S/c17-11-6-7-12(13(18)8-11)15-14(9-19-25(20,21)22)23-16(24-15)10-4-2-1-3-5-10/h1-8,14-16,19H,9H2,(H,20,21,22)/t14-,15-,16?/m0/s1. The molecule has 1 fully saturated rings. The fraction of sp³-hybridized carbons (Fsp3) is 0.250. The lowest BCUT2D eigenvalue weighted by molar-refractivity contribution is -0.0687. The average molecular weight is 404 g/mol. The van der Waals surface area contributed by atoms with Crippen LogP contribution in [-0.4, -0.2) is 25.6 Å². The Hall–Kier alpha value is -1.19. The van der Waals surface area contributed by atoms with E-state index in [2.05, 4.69) is 0 Å². The molecule has 0 aromatic heterocycles. The van der Waals surface area contributed by atoms with Gasteiger partial charge in [0.1, 0.15) is 12.2 Å².